The minimum atomic E-state index is -0.00547. The Labute approximate surface area is 115 Å². The van der Waals surface area contributed by atoms with E-state index in [1.54, 1.807) is 29.9 Å². The van der Waals surface area contributed by atoms with Crippen LogP contribution in [0.1, 0.15) is 18.5 Å². The first kappa shape index (κ1) is 12.9. The van der Waals surface area contributed by atoms with Crippen LogP contribution in [0.15, 0.2) is 51.9 Å². The molecule has 0 saturated carbocycles. The molecule has 1 N–H and O–H groups in total. The quantitative estimate of drug-likeness (QED) is 0.944. The lowest BCUT2D eigenvalue weighted by molar-refractivity contribution is 0.838. The molecule has 94 valence electrons. The third-order valence-corrected chi connectivity index (χ3v) is 3.56. The van der Waals surface area contributed by atoms with Crippen LogP contribution in [-0.4, -0.2) is 4.57 Å². The molecule has 1 heterocycles. The highest BCUT2D eigenvalue weighted by Gasteiger charge is 2.08. The summed E-state index contributed by atoms with van der Waals surface area (Å²) in [6.45, 7) is 2.09. The Kier molecular flexibility index (Phi) is 3.87. The fraction of sp³-hybridized carbons (Fsp3) is 0.214. The van der Waals surface area contributed by atoms with Crippen LogP contribution < -0.4 is 10.9 Å². The minimum absolute atomic E-state index is 0.00547. The number of aryl methyl sites for hydroxylation is 1. The van der Waals surface area contributed by atoms with Gasteiger partial charge in [-0.1, -0.05) is 34.1 Å². The van der Waals surface area contributed by atoms with Crippen molar-refractivity contribution in [1.82, 2.24) is 4.57 Å². The van der Waals surface area contributed by atoms with E-state index < -0.39 is 0 Å². The number of benzene rings is 1. The first-order chi connectivity index (χ1) is 8.58. The van der Waals surface area contributed by atoms with Gasteiger partial charge >= 0.3 is 0 Å². The molecule has 0 radical (unpaired) electrons. The fourth-order valence-electron chi connectivity index (χ4n) is 1.83. The number of hydrogen-bond acceptors (Lipinski definition) is 2. The minimum Gasteiger partial charge on any atom is -0.377 e. The summed E-state index contributed by atoms with van der Waals surface area (Å²) in [5, 5.41) is 3.38. The van der Waals surface area contributed by atoms with Crippen molar-refractivity contribution in [3.8, 4) is 0 Å². The SMILES string of the molecule is CC(Nc1ccc(=O)n(C)c1)c1ccccc1Br. The Morgan fingerprint density at radius 3 is 2.61 bits per heavy atom. The van der Waals surface area contributed by atoms with Crippen LogP contribution >= 0.6 is 15.9 Å². The third-order valence-electron chi connectivity index (χ3n) is 2.84. The molecular weight excluding hydrogens is 292 g/mol. The summed E-state index contributed by atoms with van der Waals surface area (Å²) in [5.41, 5.74) is 2.11. The van der Waals surface area contributed by atoms with E-state index in [1.165, 1.54) is 5.56 Å². The molecule has 0 aliphatic heterocycles. The predicted octanol–water partition coefficient (Wildman–Crippen LogP) is 3.32. The summed E-state index contributed by atoms with van der Waals surface area (Å²) in [5.74, 6) is 0. The zero-order valence-corrected chi connectivity index (χ0v) is 11.9. The highest BCUT2D eigenvalue weighted by molar-refractivity contribution is 9.10. The Morgan fingerprint density at radius 2 is 1.94 bits per heavy atom. The summed E-state index contributed by atoms with van der Waals surface area (Å²) in [7, 11) is 1.75. The third kappa shape index (κ3) is 2.82. The molecule has 2 rings (SSSR count). The van der Waals surface area contributed by atoms with Gasteiger partial charge in [-0.25, -0.2) is 0 Å². The Balaban J connectivity index is 2.21. The van der Waals surface area contributed by atoms with E-state index >= 15 is 0 Å². The van der Waals surface area contributed by atoms with Crippen molar-refractivity contribution in [2.75, 3.05) is 5.32 Å². The molecule has 1 unspecified atom stereocenters. The van der Waals surface area contributed by atoms with Gasteiger partial charge in [0.2, 0.25) is 5.56 Å². The number of aromatic nitrogens is 1. The number of anilines is 1. The second-order valence-electron chi connectivity index (χ2n) is 4.25. The normalized spacial score (nSPS) is 12.2. The van der Waals surface area contributed by atoms with Crippen molar-refractivity contribution in [2.45, 2.75) is 13.0 Å². The van der Waals surface area contributed by atoms with Crippen LogP contribution in [0, 0.1) is 0 Å². The van der Waals surface area contributed by atoms with E-state index in [1.807, 2.05) is 18.2 Å². The summed E-state index contributed by atoms with van der Waals surface area (Å²) >= 11 is 3.54. The monoisotopic (exact) mass is 306 g/mol. The number of halogens is 1. The van der Waals surface area contributed by atoms with Crippen molar-refractivity contribution < 1.29 is 0 Å². The van der Waals surface area contributed by atoms with E-state index in [2.05, 4.69) is 34.2 Å². The molecule has 0 aliphatic rings. The van der Waals surface area contributed by atoms with Gasteiger partial charge < -0.3 is 9.88 Å². The second-order valence-corrected chi connectivity index (χ2v) is 5.11. The number of nitrogens with one attached hydrogen (secondary N) is 1. The zero-order chi connectivity index (χ0) is 13.1. The van der Waals surface area contributed by atoms with Crippen LogP contribution in [0.3, 0.4) is 0 Å². The molecular formula is C14H15BrN2O. The molecule has 0 spiro atoms. The van der Waals surface area contributed by atoms with Crippen molar-refractivity contribution in [3.05, 3.63) is 63.0 Å². The van der Waals surface area contributed by atoms with E-state index in [-0.39, 0.29) is 11.6 Å². The molecule has 4 heteroatoms. The zero-order valence-electron chi connectivity index (χ0n) is 10.4. The van der Waals surface area contributed by atoms with Crippen molar-refractivity contribution in [1.29, 1.82) is 0 Å². The lowest BCUT2D eigenvalue weighted by Gasteiger charge is -2.17. The van der Waals surface area contributed by atoms with Gasteiger partial charge in [0.25, 0.3) is 0 Å². The van der Waals surface area contributed by atoms with Gasteiger partial charge in [-0.2, -0.15) is 0 Å². The van der Waals surface area contributed by atoms with Gasteiger partial charge in [-0.05, 0) is 24.6 Å². The predicted molar refractivity (Wildman–Crippen MR) is 77.9 cm³/mol. The van der Waals surface area contributed by atoms with Crippen LogP contribution in [0.4, 0.5) is 5.69 Å². The highest BCUT2D eigenvalue weighted by Crippen LogP contribution is 2.25. The van der Waals surface area contributed by atoms with Crippen molar-refractivity contribution >= 4 is 21.6 Å². The Bertz CT molecular complexity index is 607. The topological polar surface area (TPSA) is 34.0 Å². The first-order valence-corrected chi connectivity index (χ1v) is 6.55. The maximum Gasteiger partial charge on any atom is 0.250 e. The van der Waals surface area contributed by atoms with Gasteiger partial charge in [-0.3, -0.25) is 4.79 Å². The molecule has 1 aromatic carbocycles. The van der Waals surface area contributed by atoms with Crippen LogP contribution in [0.5, 0.6) is 0 Å². The van der Waals surface area contributed by atoms with Crippen molar-refractivity contribution in [2.24, 2.45) is 7.05 Å². The fourth-order valence-corrected chi connectivity index (χ4v) is 2.46. The molecule has 3 nitrogen and oxygen atoms in total. The Hall–Kier alpha value is -1.55. The maximum atomic E-state index is 11.3. The van der Waals surface area contributed by atoms with Gasteiger partial charge in [0.1, 0.15) is 0 Å². The molecule has 0 fully saturated rings. The number of pyridine rings is 1. The maximum absolute atomic E-state index is 11.3. The van der Waals surface area contributed by atoms with Crippen LogP contribution in [0.2, 0.25) is 0 Å². The summed E-state index contributed by atoms with van der Waals surface area (Å²) in [6.07, 6.45) is 1.80. The van der Waals surface area contributed by atoms with Gasteiger partial charge in [0.15, 0.2) is 0 Å². The number of rotatable bonds is 3. The van der Waals surface area contributed by atoms with Gasteiger partial charge in [0.05, 0.1) is 5.69 Å². The van der Waals surface area contributed by atoms with Crippen LogP contribution in [0.25, 0.3) is 0 Å². The van der Waals surface area contributed by atoms with E-state index in [9.17, 15) is 4.79 Å². The largest absolute Gasteiger partial charge is 0.377 e. The molecule has 0 bridgehead atoms. The Morgan fingerprint density at radius 1 is 1.22 bits per heavy atom. The molecule has 0 amide bonds. The lowest BCUT2D eigenvalue weighted by atomic mass is 10.1. The smallest absolute Gasteiger partial charge is 0.250 e. The molecule has 18 heavy (non-hydrogen) atoms. The second kappa shape index (κ2) is 5.40. The summed E-state index contributed by atoms with van der Waals surface area (Å²) in [6, 6.07) is 11.6. The van der Waals surface area contributed by atoms with Crippen LogP contribution in [-0.2, 0) is 7.05 Å². The average Bonchev–Trinajstić information content (AvgIpc) is 2.34. The van der Waals surface area contributed by atoms with E-state index in [0.717, 1.165) is 10.2 Å². The van der Waals surface area contributed by atoms with E-state index in [4.69, 9.17) is 0 Å². The summed E-state index contributed by atoms with van der Waals surface area (Å²) in [4.78, 5) is 11.3. The number of nitrogens with zero attached hydrogens (tertiary/aromatic N) is 1. The van der Waals surface area contributed by atoms with Gasteiger partial charge in [-0.15, -0.1) is 0 Å². The summed E-state index contributed by atoms with van der Waals surface area (Å²) < 4.78 is 2.64. The molecule has 1 atom stereocenters. The first-order valence-electron chi connectivity index (χ1n) is 5.75. The highest BCUT2D eigenvalue weighted by atomic mass is 79.9. The molecule has 0 saturated heterocycles. The molecule has 0 aliphatic carbocycles. The van der Waals surface area contributed by atoms with E-state index in [0.29, 0.717) is 0 Å². The van der Waals surface area contributed by atoms with Crippen molar-refractivity contribution in [3.63, 3.8) is 0 Å². The molecule has 2 aromatic rings. The standard InChI is InChI=1S/C14H15BrN2O/c1-10(12-5-3-4-6-13(12)15)16-11-7-8-14(18)17(2)9-11/h3-10,16H,1-2H3. The molecule has 1 aromatic heterocycles. The average molecular weight is 307 g/mol. The lowest BCUT2D eigenvalue weighted by Crippen LogP contribution is -2.16. The van der Waals surface area contributed by atoms with Gasteiger partial charge in [0, 0.05) is 29.8 Å². The number of hydrogen-bond donors (Lipinski definition) is 1.